The van der Waals surface area contributed by atoms with Gasteiger partial charge in [-0.2, -0.15) is 0 Å². The molecule has 5 heteroatoms. The van der Waals surface area contributed by atoms with Crippen molar-refractivity contribution in [1.82, 2.24) is 4.90 Å². The van der Waals surface area contributed by atoms with Gasteiger partial charge < -0.3 is 10.0 Å². The summed E-state index contributed by atoms with van der Waals surface area (Å²) in [5.74, 6) is 3.38. The Bertz CT molecular complexity index is 833. The average molecular weight is 456 g/mol. The van der Waals surface area contributed by atoms with Crippen LogP contribution in [0.15, 0.2) is 21.9 Å². The van der Waals surface area contributed by atoms with Gasteiger partial charge in [0.15, 0.2) is 5.78 Å². The van der Waals surface area contributed by atoms with E-state index in [2.05, 4.69) is 30.5 Å². The smallest absolute Gasteiger partial charge is 0.155 e. The van der Waals surface area contributed by atoms with E-state index < -0.39 is 5.60 Å². The Balaban J connectivity index is 1.47. The quantitative estimate of drug-likeness (QED) is 0.564. The molecule has 0 aromatic heterocycles. The molecule has 4 saturated carbocycles. The fourth-order valence-corrected chi connectivity index (χ4v) is 8.83. The first-order chi connectivity index (χ1) is 15.5. The molecule has 8 atom stereocenters. The van der Waals surface area contributed by atoms with Gasteiger partial charge in [-0.3, -0.25) is 14.8 Å². The SMILES string of the molecule is C=N/C(C=NC)=C\N(C)CC(=O)[C@H]1CC[C@H]2[C@@H]3CC[C@@H]4C[C@](C)(O)CC[C@]4(C)[C@H]3CC[C@]12C. The number of hydrogen-bond acceptors (Lipinski definition) is 5. The minimum absolute atomic E-state index is 0.135. The number of hydrogen-bond donors (Lipinski definition) is 1. The summed E-state index contributed by atoms with van der Waals surface area (Å²) in [4.78, 5) is 23.4. The highest BCUT2D eigenvalue weighted by Crippen LogP contribution is 2.68. The molecule has 4 aliphatic rings. The predicted molar refractivity (Wildman–Crippen MR) is 136 cm³/mol. The van der Waals surface area contributed by atoms with Crippen molar-refractivity contribution >= 4 is 18.7 Å². The van der Waals surface area contributed by atoms with Crippen LogP contribution in [0.4, 0.5) is 0 Å². The average Bonchev–Trinajstić information content (AvgIpc) is 3.11. The van der Waals surface area contributed by atoms with Crippen LogP contribution >= 0.6 is 0 Å². The molecular formula is C28H45N3O2. The number of ketones is 1. The van der Waals surface area contributed by atoms with Crippen LogP contribution < -0.4 is 0 Å². The molecule has 1 N–H and O–H groups in total. The lowest BCUT2D eigenvalue weighted by Gasteiger charge is -2.61. The van der Waals surface area contributed by atoms with E-state index in [-0.39, 0.29) is 11.3 Å². The number of fused-ring (bicyclic) bond motifs is 5. The molecule has 0 spiro atoms. The van der Waals surface area contributed by atoms with Crippen molar-refractivity contribution in [3.63, 3.8) is 0 Å². The van der Waals surface area contributed by atoms with Crippen molar-refractivity contribution in [1.29, 1.82) is 0 Å². The van der Waals surface area contributed by atoms with Crippen molar-refractivity contribution in [2.75, 3.05) is 20.6 Å². The molecule has 0 saturated heterocycles. The number of carbonyl (C=O) groups is 1. The third kappa shape index (κ3) is 4.35. The van der Waals surface area contributed by atoms with E-state index in [0.717, 1.165) is 37.5 Å². The summed E-state index contributed by atoms with van der Waals surface area (Å²) in [5.41, 5.74) is 0.709. The van der Waals surface area contributed by atoms with Crippen LogP contribution in [0.2, 0.25) is 0 Å². The summed E-state index contributed by atoms with van der Waals surface area (Å²) in [6.07, 6.45) is 13.8. The van der Waals surface area contributed by atoms with E-state index in [1.165, 1.54) is 32.1 Å². The van der Waals surface area contributed by atoms with E-state index in [0.29, 0.717) is 35.3 Å². The Labute approximate surface area is 200 Å². The molecule has 0 aromatic carbocycles. The molecule has 5 nitrogen and oxygen atoms in total. The highest BCUT2D eigenvalue weighted by molar-refractivity contribution is 5.84. The zero-order chi connectivity index (χ0) is 24.0. The van der Waals surface area contributed by atoms with Crippen LogP contribution in [0, 0.1) is 40.4 Å². The van der Waals surface area contributed by atoms with Gasteiger partial charge in [-0.15, -0.1) is 0 Å². The second-order valence-electron chi connectivity index (χ2n) is 12.5. The zero-order valence-corrected chi connectivity index (χ0v) is 21.5. The lowest BCUT2D eigenvalue weighted by molar-refractivity contribution is -0.150. The Morgan fingerprint density at radius 1 is 1.06 bits per heavy atom. The number of rotatable bonds is 6. The van der Waals surface area contributed by atoms with Crippen molar-refractivity contribution in [2.24, 2.45) is 50.4 Å². The van der Waals surface area contributed by atoms with Gasteiger partial charge in [-0.25, -0.2) is 0 Å². The number of Topliss-reactive ketones (excluding diaryl/α,β-unsaturated/α-hetero) is 1. The fourth-order valence-electron chi connectivity index (χ4n) is 8.83. The maximum atomic E-state index is 13.5. The van der Waals surface area contributed by atoms with Gasteiger partial charge in [0.1, 0.15) is 0 Å². The van der Waals surface area contributed by atoms with E-state index in [1.54, 1.807) is 13.3 Å². The van der Waals surface area contributed by atoms with E-state index in [1.807, 2.05) is 25.1 Å². The highest BCUT2D eigenvalue weighted by Gasteiger charge is 2.61. The standard InChI is InChI=1S/C28H45N3O2/c1-26(33)13-14-27(2)19(15-26)7-8-21-22-9-10-24(28(22,3)12-11-23(21)27)25(32)18-31(6)17-20(30-5)16-29-4/h16-17,19,21-24,33H,5,7-15,18H2,1-4,6H3/b20-17-,29-16?/t19-,21+,22+,23+,24-,26-,27+,28+/m1/s1. The first-order valence-electron chi connectivity index (χ1n) is 13.1. The first kappa shape index (κ1) is 24.6. The third-order valence-electron chi connectivity index (χ3n) is 10.5. The number of aliphatic hydroxyl groups is 1. The lowest BCUT2D eigenvalue weighted by atomic mass is 9.44. The number of carbonyl (C=O) groups excluding carboxylic acids is 1. The molecule has 184 valence electrons. The second kappa shape index (κ2) is 8.94. The monoisotopic (exact) mass is 455 g/mol. The van der Waals surface area contributed by atoms with Gasteiger partial charge in [0.25, 0.3) is 0 Å². The van der Waals surface area contributed by atoms with Crippen molar-refractivity contribution in [2.45, 2.75) is 84.2 Å². The predicted octanol–water partition coefficient (Wildman–Crippen LogP) is 5.14. The molecule has 0 bridgehead atoms. The molecule has 0 radical (unpaired) electrons. The van der Waals surface area contributed by atoms with Gasteiger partial charge in [0.05, 0.1) is 17.8 Å². The van der Waals surface area contributed by atoms with Crippen LogP contribution in [-0.4, -0.2) is 55.0 Å². The van der Waals surface area contributed by atoms with Crippen molar-refractivity contribution < 1.29 is 9.90 Å². The summed E-state index contributed by atoms with van der Waals surface area (Å²) in [6.45, 7) is 11.0. The Kier molecular flexibility index (Phi) is 6.67. The van der Waals surface area contributed by atoms with Crippen LogP contribution in [-0.2, 0) is 4.79 Å². The number of nitrogens with zero attached hydrogens (tertiary/aromatic N) is 3. The maximum absolute atomic E-state index is 13.5. The summed E-state index contributed by atoms with van der Waals surface area (Å²) < 4.78 is 0. The largest absolute Gasteiger partial charge is 0.390 e. The topological polar surface area (TPSA) is 65.3 Å². The Morgan fingerprint density at radius 3 is 2.48 bits per heavy atom. The van der Waals surface area contributed by atoms with Crippen LogP contribution in [0.1, 0.15) is 78.6 Å². The van der Waals surface area contributed by atoms with Gasteiger partial charge in [0.2, 0.25) is 0 Å². The highest BCUT2D eigenvalue weighted by atomic mass is 16.3. The van der Waals surface area contributed by atoms with E-state index >= 15 is 0 Å². The normalized spacial score (nSPS) is 45.3. The van der Waals surface area contributed by atoms with E-state index in [4.69, 9.17) is 0 Å². The molecule has 4 aliphatic carbocycles. The molecule has 0 heterocycles. The zero-order valence-electron chi connectivity index (χ0n) is 21.5. The Morgan fingerprint density at radius 2 is 1.79 bits per heavy atom. The lowest BCUT2D eigenvalue weighted by Crippen LogP contribution is -2.55. The van der Waals surface area contributed by atoms with Gasteiger partial charge >= 0.3 is 0 Å². The Hall–Kier alpha value is -1.49. The summed E-state index contributed by atoms with van der Waals surface area (Å²) in [7, 11) is 3.65. The van der Waals surface area contributed by atoms with Gasteiger partial charge in [0, 0.05) is 32.4 Å². The minimum Gasteiger partial charge on any atom is -0.390 e. The number of allylic oxidation sites excluding steroid dienone is 1. The first-order valence-corrected chi connectivity index (χ1v) is 13.1. The second-order valence-corrected chi connectivity index (χ2v) is 12.5. The molecule has 0 aromatic rings. The van der Waals surface area contributed by atoms with E-state index in [9.17, 15) is 9.90 Å². The molecular weight excluding hydrogens is 410 g/mol. The molecule has 0 amide bonds. The van der Waals surface area contributed by atoms with Crippen molar-refractivity contribution in [3.8, 4) is 0 Å². The van der Waals surface area contributed by atoms with Crippen LogP contribution in [0.25, 0.3) is 0 Å². The number of likely N-dealkylation sites (N-methyl/N-ethyl adjacent to an activating group) is 1. The summed E-state index contributed by atoms with van der Waals surface area (Å²) in [5, 5.41) is 10.7. The maximum Gasteiger partial charge on any atom is 0.155 e. The third-order valence-corrected chi connectivity index (χ3v) is 10.5. The van der Waals surface area contributed by atoms with Gasteiger partial charge in [-0.1, -0.05) is 13.8 Å². The molecule has 0 unspecified atom stereocenters. The molecule has 4 rings (SSSR count). The van der Waals surface area contributed by atoms with Gasteiger partial charge in [-0.05, 0) is 106 Å². The minimum atomic E-state index is -0.477. The van der Waals surface area contributed by atoms with Crippen molar-refractivity contribution in [3.05, 3.63) is 11.9 Å². The molecule has 4 fully saturated rings. The molecule has 0 aliphatic heterocycles. The molecule has 33 heavy (non-hydrogen) atoms. The fraction of sp³-hybridized carbons (Fsp3) is 0.821. The number of aliphatic imine (C=N–C) groups is 2. The summed E-state index contributed by atoms with van der Waals surface area (Å²) >= 11 is 0. The summed E-state index contributed by atoms with van der Waals surface area (Å²) in [6, 6.07) is 0. The van der Waals surface area contributed by atoms with Crippen LogP contribution in [0.3, 0.4) is 0 Å². The van der Waals surface area contributed by atoms with Crippen LogP contribution in [0.5, 0.6) is 0 Å².